The number of aromatic nitrogens is 2. The normalized spacial score (nSPS) is 11.0. The third-order valence-electron chi connectivity index (χ3n) is 5.19. The molecule has 0 saturated heterocycles. The van der Waals surface area contributed by atoms with Crippen molar-refractivity contribution in [3.05, 3.63) is 50.7 Å². The lowest BCUT2D eigenvalue weighted by Crippen LogP contribution is -2.46. The Hall–Kier alpha value is -3.03. The lowest BCUT2D eigenvalue weighted by Gasteiger charge is -2.32. The van der Waals surface area contributed by atoms with Crippen molar-refractivity contribution in [2.24, 2.45) is 0 Å². The average molecular weight is 416 g/mol. The number of H-pyrrole nitrogens is 1. The lowest BCUT2D eigenvalue weighted by atomic mass is 10.1. The number of carbonyl (C=O) groups excluding carboxylic acids is 1. The summed E-state index contributed by atoms with van der Waals surface area (Å²) in [6.45, 7) is 10.6. The summed E-state index contributed by atoms with van der Waals surface area (Å²) in [6, 6.07) is 7.94. The molecule has 1 aromatic carbocycles. The number of carbonyl (C=O) groups is 1. The summed E-state index contributed by atoms with van der Waals surface area (Å²) in [5.74, 6) is -0.230. The number of aryl methyl sites for hydroxylation is 1. The van der Waals surface area contributed by atoms with Gasteiger partial charge < -0.3 is 15.5 Å². The van der Waals surface area contributed by atoms with E-state index in [9.17, 15) is 14.4 Å². The lowest BCUT2D eigenvalue weighted by molar-refractivity contribution is -0.117. The van der Waals surface area contributed by atoms with E-state index < -0.39 is 11.2 Å². The predicted molar refractivity (Wildman–Crippen MR) is 122 cm³/mol. The molecule has 0 radical (unpaired) electrons. The summed E-state index contributed by atoms with van der Waals surface area (Å²) in [6.07, 6.45) is 1.61. The molecule has 164 valence electrons. The van der Waals surface area contributed by atoms with E-state index in [2.05, 4.69) is 4.98 Å². The van der Waals surface area contributed by atoms with Crippen LogP contribution in [-0.4, -0.2) is 34.6 Å². The fraction of sp³-hybridized carbons (Fsp3) is 0.500. The van der Waals surface area contributed by atoms with Crippen LogP contribution in [0.5, 0.6) is 0 Å². The molecule has 0 atom stereocenters. The first-order chi connectivity index (χ1) is 14.2. The molecular weight excluding hydrogens is 382 g/mol. The average Bonchev–Trinajstić information content (AvgIpc) is 2.69. The number of amides is 1. The quantitative estimate of drug-likeness (QED) is 0.655. The molecule has 3 N–H and O–H groups in total. The van der Waals surface area contributed by atoms with Crippen LogP contribution < -0.4 is 26.8 Å². The van der Waals surface area contributed by atoms with Crippen LogP contribution >= 0.6 is 0 Å². The van der Waals surface area contributed by atoms with Gasteiger partial charge in [0.2, 0.25) is 5.91 Å². The summed E-state index contributed by atoms with van der Waals surface area (Å²) in [7, 11) is 0. The maximum Gasteiger partial charge on any atom is 0.330 e. The number of nitrogens with one attached hydrogen (secondary N) is 1. The van der Waals surface area contributed by atoms with Gasteiger partial charge in [-0.05, 0) is 45.7 Å². The van der Waals surface area contributed by atoms with E-state index in [-0.39, 0.29) is 36.5 Å². The van der Waals surface area contributed by atoms with E-state index in [4.69, 9.17) is 5.73 Å². The number of benzene rings is 1. The van der Waals surface area contributed by atoms with Crippen LogP contribution in [0.3, 0.4) is 0 Å². The van der Waals surface area contributed by atoms with E-state index >= 15 is 0 Å². The topological polar surface area (TPSA) is 104 Å². The van der Waals surface area contributed by atoms with Crippen LogP contribution in [0.1, 0.15) is 46.1 Å². The highest BCUT2D eigenvalue weighted by atomic mass is 16.2. The minimum atomic E-state index is -0.646. The number of nitrogens with zero attached hydrogens (tertiary/aromatic N) is 3. The van der Waals surface area contributed by atoms with Gasteiger partial charge in [0.25, 0.3) is 5.56 Å². The second kappa shape index (κ2) is 10.1. The van der Waals surface area contributed by atoms with Crippen molar-refractivity contribution < 1.29 is 4.79 Å². The number of hydrogen-bond donors (Lipinski definition) is 2. The second-order valence-corrected chi connectivity index (χ2v) is 7.64. The molecule has 0 saturated carbocycles. The van der Waals surface area contributed by atoms with Crippen molar-refractivity contribution in [1.29, 1.82) is 0 Å². The fourth-order valence-electron chi connectivity index (χ4n) is 3.50. The number of unbranched alkanes of at least 4 members (excludes halogenated alkanes) is 1. The molecule has 1 aromatic heterocycles. The van der Waals surface area contributed by atoms with Crippen LogP contribution in [0.25, 0.3) is 0 Å². The number of nitrogens with two attached hydrogens (primary N) is 1. The van der Waals surface area contributed by atoms with Crippen LogP contribution in [0.15, 0.2) is 33.9 Å². The highest BCUT2D eigenvalue weighted by Crippen LogP contribution is 2.23. The number of para-hydroxylation sites is 1. The number of aromatic amines is 1. The maximum absolute atomic E-state index is 13.3. The molecule has 0 aliphatic rings. The van der Waals surface area contributed by atoms with Gasteiger partial charge in [-0.1, -0.05) is 31.5 Å². The zero-order chi connectivity index (χ0) is 22.4. The Morgan fingerprint density at radius 1 is 1.20 bits per heavy atom. The summed E-state index contributed by atoms with van der Waals surface area (Å²) in [5, 5.41) is 0. The zero-order valence-electron chi connectivity index (χ0n) is 18.6. The molecule has 1 amide bonds. The molecule has 2 rings (SSSR count). The van der Waals surface area contributed by atoms with Gasteiger partial charge in [-0.25, -0.2) is 4.79 Å². The smallest absolute Gasteiger partial charge is 0.330 e. The Kier molecular flexibility index (Phi) is 7.86. The zero-order valence-corrected chi connectivity index (χ0v) is 18.6. The molecule has 0 unspecified atom stereocenters. The second-order valence-electron chi connectivity index (χ2n) is 7.64. The first-order valence-electron chi connectivity index (χ1n) is 10.5. The maximum atomic E-state index is 13.3. The number of nitrogen functional groups attached to an aromatic ring is 1. The molecule has 0 spiro atoms. The van der Waals surface area contributed by atoms with Crippen molar-refractivity contribution in [1.82, 2.24) is 9.55 Å². The minimum absolute atomic E-state index is 0.0272. The van der Waals surface area contributed by atoms with Gasteiger partial charge in [0, 0.05) is 24.8 Å². The summed E-state index contributed by atoms with van der Waals surface area (Å²) in [5.41, 5.74) is 7.06. The first kappa shape index (κ1) is 23.3. The van der Waals surface area contributed by atoms with Crippen molar-refractivity contribution in [3.63, 3.8) is 0 Å². The largest absolute Gasteiger partial charge is 0.383 e. The molecule has 1 heterocycles. The fourth-order valence-corrected chi connectivity index (χ4v) is 3.50. The molecular formula is C22H33N5O3. The van der Waals surface area contributed by atoms with Gasteiger partial charge in [0.05, 0.1) is 6.54 Å². The van der Waals surface area contributed by atoms with E-state index in [0.717, 1.165) is 24.1 Å². The van der Waals surface area contributed by atoms with Gasteiger partial charge in [-0.2, -0.15) is 0 Å². The van der Waals surface area contributed by atoms with E-state index in [0.29, 0.717) is 6.54 Å². The number of hydrogen-bond acceptors (Lipinski definition) is 5. The molecule has 8 heteroatoms. The standard InChI is InChI=1S/C22H33N5O3/c1-6-8-13-26-20(23)19(21(29)24-22(26)30)25(7-2)18(28)14-27(15(3)4)17-12-10-9-11-16(17)5/h9-12,15H,6-8,13-14,23H2,1-5H3,(H,24,29,30). The van der Waals surface area contributed by atoms with E-state index in [1.54, 1.807) is 6.92 Å². The third-order valence-corrected chi connectivity index (χ3v) is 5.19. The number of rotatable bonds is 9. The number of likely N-dealkylation sites (N-methyl/N-ethyl adjacent to an activating group) is 1. The number of anilines is 3. The monoisotopic (exact) mass is 415 g/mol. The molecule has 0 aliphatic carbocycles. The Balaban J connectivity index is 2.44. The first-order valence-corrected chi connectivity index (χ1v) is 10.5. The minimum Gasteiger partial charge on any atom is -0.383 e. The highest BCUT2D eigenvalue weighted by Gasteiger charge is 2.26. The third kappa shape index (κ3) is 4.93. The Morgan fingerprint density at radius 3 is 2.43 bits per heavy atom. The molecule has 8 nitrogen and oxygen atoms in total. The van der Waals surface area contributed by atoms with Crippen molar-refractivity contribution in [2.75, 3.05) is 28.6 Å². The van der Waals surface area contributed by atoms with Gasteiger partial charge in [0.1, 0.15) is 5.82 Å². The molecule has 0 aliphatic heterocycles. The van der Waals surface area contributed by atoms with Crippen LogP contribution in [0.2, 0.25) is 0 Å². The van der Waals surface area contributed by atoms with Crippen LogP contribution in [-0.2, 0) is 11.3 Å². The van der Waals surface area contributed by atoms with E-state index in [1.807, 2.05) is 56.9 Å². The van der Waals surface area contributed by atoms with E-state index in [1.165, 1.54) is 9.47 Å². The van der Waals surface area contributed by atoms with Gasteiger partial charge >= 0.3 is 5.69 Å². The van der Waals surface area contributed by atoms with Crippen molar-refractivity contribution in [2.45, 2.75) is 60.0 Å². The van der Waals surface area contributed by atoms with Crippen LogP contribution in [0.4, 0.5) is 17.2 Å². The Labute approximate surface area is 177 Å². The summed E-state index contributed by atoms with van der Waals surface area (Å²) >= 11 is 0. The van der Waals surface area contributed by atoms with Crippen molar-refractivity contribution in [3.8, 4) is 0 Å². The molecule has 30 heavy (non-hydrogen) atoms. The van der Waals surface area contributed by atoms with Crippen LogP contribution in [0, 0.1) is 6.92 Å². The Morgan fingerprint density at radius 2 is 1.87 bits per heavy atom. The molecule has 2 aromatic rings. The summed E-state index contributed by atoms with van der Waals surface area (Å²) < 4.78 is 1.33. The molecule has 0 fully saturated rings. The van der Waals surface area contributed by atoms with Gasteiger partial charge in [-0.3, -0.25) is 19.1 Å². The van der Waals surface area contributed by atoms with Gasteiger partial charge in [0.15, 0.2) is 5.69 Å². The van der Waals surface area contributed by atoms with Gasteiger partial charge in [-0.15, -0.1) is 0 Å². The van der Waals surface area contributed by atoms with Crippen molar-refractivity contribution >= 4 is 23.1 Å². The molecule has 0 bridgehead atoms. The highest BCUT2D eigenvalue weighted by molar-refractivity contribution is 5.98. The Bertz CT molecular complexity index is 993. The summed E-state index contributed by atoms with van der Waals surface area (Å²) in [4.78, 5) is 43.7. The SMILES string of the molecule is CCCCn1c(N)c(N(CC)C(=O)CN(c2ccccc2C)C(C)C)c(=O)[nH]c1=O. The predicted octanol–water partition coefficient (Wildman–Crippen LogP) is 2.50.